The Bertz CT molecular complexity index is 1110. The van der Waals surface area contributed by atoms with E-state index in [1.54, 1.807) is 4.90 Å². The number of allylic oxidation sites excluding steroid dienone is 3. The van der Waals surface area contributed by atoms with E-state index in [2.05, 4.69) is 12.2 Å². The smallest absolute Gasteiger partial charge is 0.410 e. The summed E-state index contributed by atoms with van der Waals surface area (Å²) in [7, 11) is 0. The molecule has 1 saturated heterocycles. The number of nitrogens with two attached hydrogens (primary N) is 1. The molecule has 1 atom stereocenters. The molecule has 180 valence electrons. The largest absolute Gasteiger partial charge is 0.458 e. The van der Waals surface area contributed by atoms with Crippen molar-refractivity contribution in [1.29, 1.82) is 0 Å². The zero-order valence-electron chi connectivity index (χ0n) is 19.9. The zero-order valence-corrected chi connectivity index (χ0v) is 20.7. The minimum atomic E-state index is -0.544. The molecule has 4 rings (SSSR count). The Morgan fingerprint density at radius 3 is 2.59 bits per heavy atom. The van der Waals surface area contributed by atoms with Crippen molar-refractivity contribution in [3.05, 3.63) is 58.1 Å². The quantitative estimate of drug-likeness (QED) is 0.597. The molecule has 1 unspecified atom stereocenters. The summed E-state index contributed by atoms with van der Waals surface area (Å²) >= 11 is 1.31. The molecule has 2 N–H and O–H groups in total. The van der Waals surface area contributed by atoms with Crippen LogP contribution < -0.4 is 10.5 Å². The lowest BCUT2D eigenvalue weighted by molar-refractivity contribution is 0.0198. The first kappa shape index (κ1) is 24.0. The van der Waals surface area contributed by atoms with Gasteiger partial charge in [-0.25, -0.2) is 9.78 Å². The van der Waals surface area contributed by atoms with Crippen LogP contribution in [-0.2, 0) is 4.74 Å². The Balaban J connectivity index is 1.52. The number of likely N-dealkylation sites (tertiary alicyclic amines) is 1. The van der Waals surface area contributed by atoms with Gasteiger partial charge in [-0.2, -0.15) is 0 Å². The fourth-order valence-electron chi connectivity index (χ4n) is 4.03. The Hall–Kier alpha value is -3.13. The van der Waals surface area contributed by atoms with Gasteiger partial charge in [-0.3, -0.25) is 4.79 Å². The normalized spacial score (nSPS) is 18.4. The first-order valence-corrected chi connectivity index (χ1v) is 12.4. The molecule has 0 radical (unpaired) electrons. The van der Waals surface area contributed by atoms with Crippen LogP contribution in [0, 0.1) is 0 Å². The van der Waals surface area contributed by atoms with Gasteiger partial charge in [-0.15, -0.1) is 11.3 Å². The molecule has 1 aromatic carbocycles. The third-order valence-electron chi connectivity index (χ3n) is 5.61. The predicted octanol–water partition coefficient (Wildman–Crippen LogP) is 5.64. The maximum absolute atomic E-state index is 12.6. The van der Waals surface area contributed by atoms with Crippen LogP contribution in [0.15, 0.2) is 48.3 Å². The van der Waals surface area contributed by atoms with E-state index in [9.17, 15) is 9.59 Å². The number of rotatable bonds is 5. The van der Waals surface area contributed by atoms with Gasteiger partial charge in [0.25, 0.3) is 5.91 Å². The monoisotopic (exact) mass is 481 g/mol. The van der Waals surface area contributed by atoms with Crippen LogP contribution in [0.25, 0.3) is 11.3 Å². The lowest BCUT2D eigenvalue weighted by atomic mass is 9.99. The average molecular weight is 482 g/mol. The highest BCUT2D eigenvalue weighted by molar-refractivity contribution is 7.14. The number of hydrogen-bond donors (Lipinski definition) is 1. The predicted molar refractivity (Wildman–Crippen MR) is 133 cm³/mol. The molecule has 0 spiro atoms. The SMILES string of the molecule is CC(C)(C)OC(=O)N1CCCC(c2nc(-c3ccc(OC4=CCCC=C4)cc3)c(C(N)=O)s2)C1. The summed E-state index contributed by atoms with van der Waals surface area (Å²) in [4.78, 5) is 31.7. The van der Waals surface area contributed by atoms with Crippen LogP contribution in [0.5, 0.6) is 5.75 Å². The van der Waals surface area contributed by atoms with Crippen LogP contribution in [0.2, 0.25) is 0 Å². The molecule has 1 fully saturated rings. The lowest BCUT2D eigenvalue weighted by Crippen LogP contribution is -2.42. The topological polar surface area (TPSA) is 94.8 Å². The van der Waals surface area contributed by atoms with Crippen molar-refractivity contribution >= 4 is 23.3 Å². The number of piperidine rings is 1. The van der Waals surface area contributed by atoms with Crippen LogP contribution in [0.3, 0.4) is 0 Å². The van der Waals surface area contributed by atoms with Gasteiger partial charge in [0.2, 0.25) is 0 Å². The Morgan fingerprint density at radius 1 is 1.18 bits per heavy atom. The van der Waals surface area contributed by atoms with Gasteiger partial charge in [-0.1, -0.05) is 6.08 Å². The van der Waals surface area contributed by atoms with Gasteiger partial charge in [0, 0.05) is 24.6 Å². The second-order valence-electron chi connectivity index (χ2n) is 9.57. The van der Waals surface area contributed by atoms with Crippen LogP contribution in [0.1, 0.15) is 67.1 Å². The van der Waals surface area contributed by atoms with Crippen LogP contribution >= 0.6 is 11.3 Å². The fourth-order valence-corrected chi connectivity index (χ4v) is 5.09. The van der Waals surface area contributed by atoms with Gasteiger partial charge in [0.05, 0.1) is 10.7 Å². The number of carbonyl (C=O) groups is 2. The van der Waals surface area contributed by atoms with E-state index in [-0.39, 0.29) is 12.0 Å². The van der Waals surface area contributed by atoms with Gasteiger partial charge >= 0.3 is 6.09 Å². The number of hydrogen-bond acceptors (Lipinski definition) is 6. The third kappa shape index (κ3) is 5.86. The summed E-state index contributed by atoms with van der Waals surface area (Å²) in [5.74, 6) is 1.08. The minimum Gasteiger partial charge on any atom is -0.458 e. The maximum Gasteiger partial charge on any atom is 0.410 e. The van der Waals surface area contributed by atoms with Gasteiger partial charge in [0.1, 0.15) is 22.0 Å². The van der Waals surface area contributed by atoms with E-state index in [4.69, 9.17) is 20.2 Å². The zero-order chi connectivity index (χ0) is 24.3. The van der Waals surface area contributed by atoms with E-state index >= 15 is 0 Å². The van der Waals surface area contributed by atoms with Crippen molar-refractivity contribution < 1.29 is 19.1 Å². The van der Waals surface area contributed by atoms with Crippen molar-refractivity contribution in [3.8, 4) is 17.0 Å². The summed E-state index contributed by atoms with van der Waals surface area (Å²) in [6.45, 7) is 6.74. The number of aromatic nitrogens is 1. The van der Waals surface area contributed by atoms with Crippen molar-refractivity contribution in [1.82, 2.24) is 9.88 Å². The first-order valence-electron chi connectivity index (χ1n) is 11.6. The molecule has 0 bridgehead atoms. The number of nitrogens with zero attached hydrogens (tertiary/aromatic N) is 2. The molecule has 7 nitrogen and oxygen atoms in total. The van der Waals surface area contributed by atoms with E-state index < -0.39 is 11.5 Å². The van der Waals surface area contributed by atoms with E-state index in [1.165, 1.54) is 11.3 Å². The summed E-state index contributed by atoms with van der Waals surface area (Å²) in [5, 5.41) is 0.815. The van der Waals surface area contributed by atoms with Crippen LogP contribution in [-0.4, -0.2) is 40.6 Å². The molecule has 1 aliphatic carbocycles. The van der Waals surface area contributed by atoms with Gasteiger partial charge in [0.15, 0.2) is 0 Å². The molecule has 2 amide bonds. The number of thiazole rings is 1. The van der Waals surface area contributed by atoms with Crippen molar-refractivity contribution in [2.24, 2.45) is 5.73 Å². The molecule has 34 heavy (non-hydrogen) atoms. The van der Waals surface area contributed by atoms with Crippen molar-refractivity contribution in [3.63, 3.8) is 0 Å². The number of amides is 2. The molecular weight excluding hydrogens is 450 g/mol. The van der Waals surface area contributed by atoms with E-state index in [0.29, 0.717) is 23.7 Å². The minimum absolute atomic E-state index is 0.0331. The van der Waals surface area contributed by atoms with E-state index in [1.807, 2.05) is 51.1 Å². The van der Waals surface area contributed by atoms with Crippen molar-refractivity contribution in [2.75, 3.05) is 13.1 Å². The molecule has 8 heteroatoms. The standard InChI is InChI=1S/C26H31N3O4S/c1-26(2,3)33-25(31)29-15-7-8-18(16-29)24-28-21(22(34-24)23(27)30)17-11-13-20(14-12-17)32-19-9-5-4-6-10-19/h5,9-14,18H,4,6-8,15-16H2,1-3H3,(H2,27,30). The third-order valence-corrected chi connectivity index (χ3v) is 6.85. The molecule has 1 aromatic heterocycles. The summed E-state index contributed by atoms with van der Waals surface area (Å²) in [6.07, 6.45) is 9.55. The number of primary amides is 1. The highest BCUT2D eigenvalue weighted by Crippen LogP contribution is 2.36. The van der Waals surface area contributed by atoms with E-state index in [0.717, 1.165) is 47.8 Å². The summed E-state index contributed by atoms with van der Waals surface area (Å²) in [6, 6.07) is 7.52. The number of ether oxygens (including phenoxy) is 2. The molecule has 0 saturated carbocycles. The van der Waals surface area contributed by atoms with Crippen LogP contribution in [0.4, 0.5) is 4.79 Å². The van der Waals surface area contributed by atoms with Gasteiger partial charge in [-0.05, 0) is 82.9 Å². The molecule has 1 aliphatic heterocycles. The average Bonchev–Trinajstić information content (AvgIpc) is 3.25. The fraction of sp³-hybridized carbons (Fsp3) is 0.423. The first-order chi connectivity index (χ1) is 16.2. The van der Waals surface area contributed by atoms with Gasteiger partial charge < -0.3 is 20.1 Å². The molecule has 2 aromatic rings. The number of carbonyl (C=O) groups excluding carboxylic acids is 2. The Kier molecular flexibility index (Phi) is 7.07. The lowest BCUT2D eigenvalue weighted by Gasteiger charge is -2.33. The second kappa shape index (κ2) is 10.0. The molecular formula is C26H31N3O4S. The number of benzene rings is 1. The second-order valence-corrected chi connectivity index (χ2v) is 10.6. The summed E-state index contributed by atoms with van der Waals surface area (Å²) in [5.41, 5.74) is 6.53. The Morgan fingerprint density at radius 2 is 1.94 bits per heavy atom. The molecule has 2 heterocycles. The highest BCUT2D eigenvalue weighted by atomic mass is 32.1. The summed E-state index contributed by atoms with van der Waals surface area (Å²) < 4.78 is 11.4. The highest BCUT2D eigenvalue weighted by Gasteiger charge is 2.31. The molecule has 2 aliphatic rings. The Labute approximate surface area is 204 Å². The maximum atomic E-state index is 12.6. The van der Waals surface area contributed by atoms with Crippen molar-refractivity contribution in [2.45, 2.75) is 58.0 Å².